The van der Waals surface area contributed by atoms with E-state index >= 15 is 0 Å². The number of aliphatic imine (C=N–C) groups is 1. The number of halogens is 2. The van der Waals surface area contributed by atoms with E-state index in [0.717, 1.165) is 46.9 Å². The van der Waals surface area contributed by atoms with Crippen LogP contribution in [0.5, 0.6) is 0 Å². The Bertz CT molecular complexity index is 1190. The van der Waals surface area contributed by atoms with Gasteiger partial charge in [0.25, 0.3) is 5.91 Å². The fourth-order valence-corrected chi connectivity index (χ4v) is 4.87. The molecule has 9 heteroatoms. The van der Waals surface area contributed by atoms with E-state index < -0.39 is 5.91 Å². The van der Waals surface area contributed by atoms with Crippen LogP contribution in [0.3, 0.4) is 0 Å². The van der Waals surface area contributed by atoms with Gasteiger partial charge < -0.3 is 4.57 Å². The molecule has 0 saturated carbocycles. The lowest BCUT2D eigenvalue weighted by Gasteiger charge is -2.20. The maximum atomic E-state index is 12.7. The number of hydrogen-bond acceptors (Lipinski definition) is 4. The summed E-state index contributed by atoms with van der Waals surface area (Å²) in [5.74, 6) is -0.388. The van der Waals surface area contributed by atoms with Gasteiger partial charge in [0.15, 0.2) is 5.84 Å². The van der Waals surface area contributed by atoms with Gasteiger partial charge in [0, 0.05) is 16.4 Å². The van der Waals surface area contributed by atoms with Crippen molar-refractivity contribution in [2.75, 3.05) is 0 Å². The van der Waals surface area contributed by atoms with Crippen molar-refractivity contribution in [2.24, 2.45) is 10.1 Å². The molecule has 0 radical (unpaired) electrons. The summed E-state index contributed by atoms with van der Waals surface area (Å²) in [7, 11) is 0. The first-order valence-corrected chi connectivity index (χ1v) is 11.5. The van der Waals surface area contributed by atoms with Gasteiger partial charge in [0.1, 0.15) is 5.04 Å². The second kappa shape index (κ2) is 8.65. The molecule has 0 bridgehead atoms. The largest absolute Gasteiger partial charge is 0.316 e. The van der Waals surface area contributed by atoms with Gasteiger partial charge in [0.2, 0.25) is 5.17 Å². The fraction of sp³-hybridized carbons (Fsp3) is 0.273. The number of aryl methyl sites for hydroxylation is 1. The Kier molecular flexibility index (Phi) is 6.10. The number of amidine groups is 2. The fourth-order valence-electron chi connectivity index (χ4n) is 3.58. The van der Waals surface area contributed by atoms with Gasteiger partial charge in [-0.1, -0.05) is 36.5 Å². The summed E-state index contributed by atoms with van der Waals surface area (Å²) in [6.07, 6.45) is 4.58. The Hall–Kier alpha value is -2.35. The molecule has 1 aromatic carbocycles. The van der Waals surface area contributed by atoms with Crippen molar-refractivity contribution in [3.8, 4) is 5.69 Å². The van der Waals surface area contributed by atoms with E-state index in [2.05, 4.69) is 17.0 Å². The number of aromatic nitrogens is 1. The summed E-state index contributed by atoms with van der Waals surface area (Å²) in [6.45, 7) is 6.01. The lowest BCUT2D eigenvalue weighted by molar-refractivity contribution is -0.114. The summed E-state index contributed by atoms with van der Waals surface area (Å²) in [5.41, 5.74) is 3.60. The second-order valence-corrected chi connectivity index (χ2v) is 9.26. The molecule has 1 N–H and O–H groups in total. The lowest BCUT2D eigenvalue weighted by atomic mass is 10.1. The number of nitrogens with one attached hydrogen (secondary N) is 1. The maximum Gasteiger partial charge on any atom is 0.283 e. The number of hydrogen-bond donors (Lipinski definition) is 1. The van der Waals surface area contributed by atoms with Crippen LogP contribution in [0.1, 0.15) is 43.1 Å². The standard InChI is InChI=1S/C22H21Cl2N5OS/c1-4-5-6-19-27-29-20(25)16(21(30)26-22(29)31-19)10-14-9-12(2)28(13(14)3)18-11-15(23)7-8-17(18)24/h7-11,25H,4-6H2,1-3H3/b16-10+,25-20?. The van der Waals surface area contributed by atoms with E-state index in [1.807, 2.05) is 24.5 Å². The first-order valence-electron chi connectivity index (χ1n) is 9.93. The molecule has 3 heterocycles. The summed E-state index contributed by atoms with van der Waals surface area (Å²) >= 11 is 14.0. The zero-order valence-electron chi connectivity index (χ0n) is 17.4. The van der Waals surface area contributed by atoms with Crippen molar-refractivity contribution in [3.63, 3.8) is 0 Å². The van der Waals surface area contributed by atoms with E-state index in [0.29, 0.717) is 15.2 Å². The van der Waals surface area contributed by atoms with Crippen LogP contribution >= 0.6 is 35.0 Å². The Morgan fingerprint density at radius 1 is 1.23 bits per heavy atom. The van der Waals surface area contributed by atoms with Gasteiger partial charge in [-0.2, -0.15) is 15.1 Å². The molecule has 1 aromatic heterocycles. The number of rotatable bonds is 5. The minimum atomic E-state index is -0.429. The van der Waals surface area contributed by atoms with Crippen molar-refractivity contribution in [3.05, 3.63) is 56.8 Å². The zero-order chi connectivity index (χ0) is 22.3. The molecule has 0 fully saturated rings. The number of carbonyl (C=O) groups is 1. The maximum absolute atomic E-state index is 12.7. The molecule has 2 aliphatic rings. The van der Waals surface area contributed by atoms with Crippen LogP contribution in [-0.4, -0.2) is 31.5 Å². The Morgan fingerprint density at radius 2 is 2.00 bits per heavy atom. The predicted octanol–water partition coefficient (Wildman–Crippen LogP) is 6.21. The third kappa shape index (κ3) is 4.10. The number of carbonyl (C=O) groups excluding carboxylic acids is 1. The minimum Gasteiger partial charge on any atom is -0.316 e. The third-order valence-corrected chi connectivity index (χ3v) is 6.68. The quantitative estimate of drug-likeness (QED) is 0.524. The summed E-state index contributed by atoms with van der Waals surface area (Å²) in [5, 5.41) is 17.0. The third-order valence-electron chi connectivity index (χ3n) is 5.16. The Morgan fingerprint density at radius 3 is 2.74 bits per heavy atom. The molecule has 2 aromatic rings. The lowest BCUT2D eigenvalue weighted by Crippen LogP contribution is -2.35. The number of thioether (sulfide) groups is 1. The summed E-state index contributed by atoms with van der Waals surface area (Å²) < 4.78 is 1.99. The highest BCUT2D eigenvalue weighted by Gasteiger charge is 2.35. The molecule has 0 atom stereocenters. The molecule has 0 aliphatic carbocycles. The highest BCUT2D eigenvalue weighted by atomic mass is 35.5. The van der Waals surface area contributed by atoms with E-state index in [-0.39, 0.29) is 11.4 Å². The van der Waals surface area contributed by atoms with Crippen LogP contribution in [0.25, 0.3) is 11.8 Å². The van der Waals surface area contributed by atoms with Crippen molar-refractivity contribution in [1.29, 1.82) is 5.41 Å². The van der Waals surface area contributed by atoms with Gasteiger partial charge >= 0.3 is 0 Å². The van der Waals surface area contributed by atoms with E-state index in [9.17, 15) is 4.79 Å². The van der Waals surface area contributed by atoms with Gasteiger partial charge in [-0.15, -0.1) is 0 Å². The van der Waals surface area contributed by atoms with Gasteiger partial charge in [-0.05, 0) is 74.4 Å². The monoisotopic (exact) mass is 473 g/mol. The molecule has 0 saturated heterocycles. The molecule has 0 unspecified atom stereocenters. The highest BCUT2D eigenvalue weighted by molar-refractivity contribution is 8.26. The summed E-state index contributed by atoms with van der Waals surface area (Å²) in [6, 6.07) is 7.25. The van der Waals surface area contributed by atoms with Crippen molar-refractivity contribution in [2.45, 2.75) is 40.0 Å². The normalized spacial score (nSPS) is 17.3. The van der Waals surface area contributed by atoms with Crippen LogP contribution in [0.15, 0.2) is 39.9 Å². The number of benzene rings is 1. The SMILES string of the molecule is CCCCC1=NN2C(=N)/C(=C\c3cc(C)n(-c4cc(Cl)ccc4Cl)c3C)C(=O)N=C2S1. The first-order chi connectivity index (χ1) is 14.8. The first kappa shape index (κ1) is 21.9. The Balaban J connectivity index is 1.72. The topological polar surface area (TPSA) is 73.8 Å². The molecule has 4 rings (SSSR count). The van der Waals surface area contributed by atoms with E-state index in [4.69, 9.17) is 28.6 Å². The molecule has 6 nitrogen and oxygen atoms in total. The highest BCUT2D eigenvalue weighted by Crippen LogP contribution is 2.32. The van der Waals surface area contributed by atoms with E-state index in [1.54, 1.807) is 24.3 Å². The smallest absolute Gasteiger partial charge is 0.283 e. The van der Waals surface area contributed by atoms with Crippen LogP contribution in [0.2, 0.25) is 10.0 Å². The molecule has 2 aliphatic heterocycles. The predicted molar refractivity (Wildman–Crippen MR) is 130 cm³/mol. The average molecular weight is 474 g/mol. The summed E-state index contributed by atoms with van der Waals surface area (Å²) in [4.78, 5) is 16.9. The Labute approximate surface area is 195 Å². The van der Waals surface area contributed by atoms with Crippen molar-refractivity contribution >= 4 is 63.0 Å². The number of hydrazone groups is 1. The number of amides is 1. The van der Waals surface area contributed by atoms with Crippen LogP contribution in [0.4, 0.5) is 0 Å². The van der Waals surface area contributed by atoms with E-state index in [1.165, 1.54) is 16.8 Å². The van der Waals surface area contributed by atoms with Gasteiger partial charge in [-0.25, -0.2) is 0 Å². The zero-order valence-corrected chi connectivity index (χ0v) is 19.7. The van der Waals surface area contributed by atoms with Crippen LogP contribution in [-0.2, 0) is 4.79 Å². The van der Waals surface area contributed by atoms with Crippen molar-refractivity contribution < 1.29 is 4.79 Å². The number of fused-ring (bicyclic) bond motifs is 1. The second-order valence-electron chi connectivity index (χ2n) is 7.37. The van der Waals surface area contributed by atoms with Crippen molar-refractivity contribution in [1.82, 2.24) is 9.58 Å². The number of unbranched alkanes of at least 4 members (excludes halogenated alkanes) is 1. The average Bonchev–Trinajstić information content (AvgIpc) is 3.25. The molecular weight excluding hydrogens is 453 g/mol. The van der Waals surface area contributed by atoms with Gasteiger partial charge in [-0.3, -0.25) is 10.2 Å². The van der Waals surface area contributed by atoms with Gasteiger partial charge in [0.05, 0.1) is 16.3 Å². The van der Waals surface area contributed by atoms with Crippen LogP contribution < -0.4 is 0 Å². The number of nitrogens with zero attached hydrogens (tertiary/aromatic N) is 4. The molecule has 1 amide bonds. The molecule has 31 heavy (non-hydrogen) atoms. The minimum absolute atomic E-state index is 0.0413. The van der Waals surface area contributed by atoms with Crippen LogP contribution in [0, 0.1) is 19.3 Å². The molecule has 0 spiro atoms. The molecular formula is C22H21Cl2N5OS. The molecule has 160 valence electrons.